The Bertz CT molecular complexity index is 1240. The van der Waals surface area contributed by atoms with Crippen LogP contribution in [0.5, 0.6) is 23.0 Å². The van der Waals surface area contributed by atoms with Crippen molar-refractivity contribution in [2.75, 3.05) is 26.3 Å². The van der Waals surface area contributed by atoms with Crippen molar-refractivity contribution in [3.05, 3.63) is 47.5 Å². The summed E-state index contributed by atoms with van der Waals surface area (Å²) in [4.78, 5) is 8.86. The topological polar surface area (TPSA) is 83.6 Å². The van der Waals surface area contributed by atoms with Gasteiger partial charge in [0.1, 0.15) is 23.0 Å². The molecule has 62 heavy (non-hydrogen) atoms. The van der Waals surface area contributed by atoms with Gasteiger partial charge in [0.25, 0.3) is 0 Å². The second-order valence-electron chi connectivity index (χ2n) is 18.2. The number of hydrogen-bond acceptors (Lipinski definition) is 6. The standard InChI is InChI=1S/C56H96N2O4/c1-3-5-7-9-11-13-15-17-19-21-23-25-27-29-31-33-35-37-45-61-53-41-39-51(55(59)47-53)49-57-43-44-58-50-52-40-42-54(48-56(52)60)62-46-38-36-34-32-30-28-26-24-22-20-18-16-14-12-10-8-6-4-2/h39-42,47-50,59-60H,3-38,43-46H2,1-2H3. The van der Waals surface area contributed by atoms with E-state index in [0.29, 0.717) is 48.9 Å². The third-order valence-corrected chi connectivity index (χ3v) is 12.4. The van der Waals surface area contributed by atoms with Gasteiger partial charge in [0.2, 0.25) is 0 Å². The minimum Gasteiger partial charge on any atom is -0.507 e. The Morgan fingerprint density at radius 1 is 0.355 bits per heavy atom. The van der Waals surface area contributed by atoms with Crippen LogP contribution >= 0.6 is 0 Å². The zero-order valence-electron chi connectivity index (χ0n) is 40.5. The largest absolute Gasteiger partial charge is 0.507 e. The highest BCUT2D eigenvalue weighted by Crippen LogP contribution is 2.24. The first-order chi connectivity index (χ1) is 30.6. The third kappa shape index (κ3) is 32.6. The molecule has 0 aliphatic rings. The number of rotatable bonds is 45. The molecule has 0 aromatic heterocycles. The van der Waals surface area contributed by atoms with Gasteiger partial charge in [-0.05, 0) is 37.1 Å². The van der Waals surface area contributed by atoms with Crippen molar-refractivity contribution in [2.45, 2.75) is 245 Å². The van der Waals surface area contributed by atoms with Crippen LogP contribution < -0.4 is 9.47 Å². The lowest BCUT2D eigenvalue weighted by Gasteiger charge is -2.08. The maximum atomic E-state index is 10.5. The number of unbranched alkanes of at least 4 members (excludes halogenated alkanes) is 34. The lowest BCUT2D eigenvalue weighted by Crippen LogP contribution is -1.98. The first-order valence-electron chi connectivity index (χ1n) is 26.5. The van der Waals surface area contributed by atoms with Gasteiger partial charge in [-0.3, -0.25) is 9.98 Å². The van der Waals surface area contributed by atoms with E-state index < -0.39 is 0 Å². The Balaban J connectivity index is 1.41. The van der Waals surface area contributed by atoms with Crippen LogP contribution in [0.1, 0.15) is 256 Å². The SMILES string of the molecule is CCCCCCCCCCCCCCCCCCCCOc1ccc(C=NCCN=Cc2ccc(OCCCCCCCCCCCCCCCCCCCC)cc2O)c(O)c1. The number of nitrogens with zero attached hydrogens (tertiary/aromatic N) is 2. The van der Waals surface area contributed by atoms with E-state index in [0.717, 1.165) is 12.8 Å². The molecule has 0 amide bonds. The van der Waals surface area contributed by atoms with E-state index in [1.807, 2.05) is 24.3 Å². The van der Waals surface area contributed by atoms with Crippen molar-refractivity contribution in [2.24, 2.45) is 9.98 Å². The quantitative estimate of drug-likeness (QED) is 0.0513. The molecule has 0 spiro atoms. The van der Waals surface area contributed by atoms with Crippen LogP contribution in [0.3, 0.4) is 0 Å². The number of phenols is 2. The Morgan fingerprint density at radius 3 is 0.839 bits per heavy atom. The van der Waals surface area contributed by atoms with Gasteiger partial charge in [-0.25, -0.2) is 0 Å². The Hall–Kier alpha value is -3.02. The summed E-state index contributed by atoms with van der Waals surface area (Å²) in [5.74, 6) is 1.72. The highest BCUT2D eigenvalue weighted by Gasteiger charge is 2.04. The predicted octanol–water partition coefficient (Wildman–Crippen LogP) is 17.5. The molecule has 0 saturated carbocycles. The molecule has 6 heteroatoms. The fourth-order valence-electron chi connectivity index (χ4n) is 8.27. The van der Waals surface area contributed by atoms with Crippen LogP contribution in [0.2, 0.25) is 0 Å². The summed E-state index contributed by atoms with van der Waals surface area (Å²) in [6, 6.07) is 10.8. The van der Waals surface area contributed by atoms with Crippen LogP contribution in [-0.2, 0) is 0 Å². The Kier molecular flexibility index (Phi) is 37.3. The second kappa shape index (κ2) is 42.0. The average molecular weight is 861 g/mol. The molecule has 0 fully saturated rings. The first-order valence-corrected chi connectivity index (χ1v) is 26.5. The summed E-state index contributed by atoms with van der Waals surface area (Å²) >= 11 is 0. The van der Waals surface area contributed by atoms with E-state index in [1.54, 1.807) is 24.6 Å². The second-order valence-corrected chi connectivity index (χ2v) is 18.2. The molecule has 0 saturated heterocycles. The molecule has 2 N–H and O–H groups in total. The van der Waals surface area contributed by atoms with E-state index >= 15 is 0 Å². The molecule has 0 aliphatic heterocycles. The van der Waals surface area contributed by atoms with Crippen LogP contribution in [0.25, 0.3) is 0 Å². The molecule has 0 heterocycles. The van der Waals surface area contributed by atoms with Gasteiger partial charge >= 0.3 is 0 Å². The lowest BCUT2D eigenvalue weighted by molar-refractivity contribution is 0.302. The number of hydrogen-bond donors (Lipinski definition) is 2. The van der Waals surface area contributed by atoms with Gasteiger partial charge in [-0.1, -0.05) is 232 Å². The van der Waals surface area contributed by atoms with E-state index in [9.17, 15) is 10.2 Å². The van der Waals surface area contributed by atoms with Crippen LogP contribution in [-0.4, -0.2) is 48.9 Å². The molecule has 0 aliphatic carbocycles. The van der Waals surface area contributed by atoms with Gasteiger partial charge in [-0.15, -0.1) is 0 Å². The van der Waals surface area contributed by atoms with Gasteiger partial charge in [0.15, 0.2) is 0 Å². The lowest BCUT2D eigenvalue weighted by atomic mass is 10.0. The van der Waals surface area contributed by atoms with E-state index in [2.05, 4.69) is 23.8 Å². The van der Waals surface area contributed by atoms with Crippen molar-refractivity contribution in [1.29, 1.82) is 0 Å². The molecule has 0 unspecified atom stereocenters. The number of benzene rings is 2. The summed E-state index contributed by atoms with van der Waals surface area (Å²) in [6.07, 6.45) is 52.6. The normalized spacial score (nSPS) is 11.7. The third-order valence-electron chi connectivity index (χ3n) is 12.4. The number of aliphatic imine (C=N–C) groups is 2. The van der Waals surface area contributed by atoms with Crippen molar-refractivity contribution in [1.82, 2.24) is 0 Å². The smallest absolute Gasteiger partial charge is 0.128 e. The molecule has 2 aromatic rings. The summed E-state index contributed by atoms with van der Waals surface area (Å²) in [7, 11) is 0. The van der Waals surface area contributed by atoms with Gasteiger partial charge in [0, 0.05) is 35.7 Å². The molecule has 0 atom stereocenters. The van der Waals surface area contributed by atoms with Crippen LogP contribution in [0, 0.1) is 0 Å². The Labute approximate surface area is 382 Å². The van der Waals surface area contributed by atoms with Crippen LogP contribution in [0.4, 0.5) is 0 Å². The van der Waals surface area contributed by atoms with E-state index in [-0.39, 0.29) is 11.5 Å². The summed E-state index contributed by atoms with van der Waals surface area (Å²) in [6.45, 7) is 6.89. The molecule has 0 bridgehead atoms. The first kappa shape index (κ1) is 55.1. The highest BCUT2D eigenvalue weighted by molar-refractivity contribution is 5.84. The molecular formula is C56H96N2O4. The molecule has 0 radical (unpaired) electrons. The maximum absolute atomic E-state index is 10.5. The zero-order valence-corrected chi connectivity index (χ0v) is 40.5. The monoisotopic (exact) mass is 861 g/mol. The number of aromatic hydroxyl groups is 2. The molecule has 2 rings (SSSR count). The number of ether oxygens (including phenoxy) is 2. The zero-order chi connectivity index (χ0) is 44.2. The fourth-order valence-corrected chi connectivity index (χ4v) is 8.27. The Morgan fingerprint density at radius 2 is 0.597 bits per heavy atom. The van der Waals surface area contributed by atoms with Crippen molar-refractivity contribution in [3.8, 4) is 23.0 Å². The molecule has 6 nitrogen and oxygen atoms in total. The highest BCUT2D eigenvalue weighted by atomic mass is 16.5. The van der Waals surface area contributed by atoms with Crippen LogP contribution in [0.15, 0.2) is 46.4 Å². The minimum absolute atomic E-state index is 0.167. The van der Waals surface area contributed by atoms with Gasteiger partial charge in [-0.2, -0.15) is 0 Å². The summed E-state index contributed by atoms with van der Waals surface area (Å²) < 4.78 is 11.8. The predicted molar refractivity (Wildman–Crippen MR) is 270 cm³/mol. The summed E-state index contributed by atoms with van der Waals surface area (Å²) in [5.41, 5.74) is 1.32. The van der Waals surface area contributed by atoms with Crippen molar-refractivity contribution in [3.63, 3.8) is 0 Å². The fraction of sp³-hybridized carbons (Fsp3) is 0.750. The minimum atomic E-state index is 0.167. The molecule has 2 aromatic carbocycles. The maximum Gasteiger partial charge on any atom is 0.128 e. The average Bonchev–Trinajstić information content (AvgIpc) is 3.27. The number of phenolic OH excluding ortho intramolecular Hbond substituents is 2. The molecule has 354 valence electrons. The van der Waals surface area contributed by atoms with Gasteiger partial charge < -0.3 is 19.7 Å². The van der Waals surface area contributed by atoms with Crippen molar-refractivity contribution >= 4 is 12.4 Å². The van der Waals surface area contributed by atoms with Crippen molar-refractivity contribution < 1.29 is 19.7 Å². The summed E-state index contributed by atoms with van der Waals surface area (Å²) in [5, 5.41) is 21.0. The molecular weight excluding hydrogens is 765 g/mol. The van der Waals surface area contributed by atoms with E-state index in [4.69, 9.17) is 9.47 Å². The van der Waals surface area contributed by atoms with Gasteiger partial charge in [0.05, 0.1) is 26.3 Å². The van der Waals surface area contributed by atoms with E-state index in [1.165, 1.54) is 218 Å².